The van der Waals surface area contributed by atoms with E-state index in [2.05, 4.69) is 9.88 Å². The van der Waals surface area contributed by atoms with Crippen LogP contribution in [0.25, 0.3) is 0 Å². The zero-order valence-corrected chi connectivity index (χ0v) is 14.1. The van der Waals surface area contributed by atoms with E-state index in [9.17, 15) is 9.59 Å². The minimum absolute atomic E-state index is 0.0226. The molecule has 1 aromatic heterocycles. The summed E-state index contributed by atoms with van der Waals surface area (Å²) in [6.45, 7) is 9.50. The zero-order chi connectivity index (χ0) is 17.2. The molecular weight excluding hydrogens is 296 g/mol. The predicted octanol–water partition coefficient (Wildman–Crippen LogP) is 1.63. The number of pyridine rings is 1. The molecular formula is C16H24N4O3. The number of rotatable bonds is 2. The summed E-state index contributed by atoms with van der Waals surface area (Å²) in [7, 11) is 0. The van der Waals surface area contributed by atoms with Gasteiger partial charge in [0.05, 0.1) is 11.9 Å². The van der Waals surface area contributed by atoms with Crippen molar-refractivity contribution in [3.63, 3.8) is 0 Å². The molecule has 1 aliphatic rings. The quantitative estimate of drug-likeness (QED) is 0.894. The molecule has 1 saturated heterocycles. The average Bonchev–Trinajstić information content (AvgIpc) is 2.45. The van der Waals surface area contributed by atoms with E-state index in [-0.39, 0.29) is 17.8 Å². The molecule has 0 spiro atoms. The molecule has 1 unspecified atom stereocenters. The van der Waals surface area contributed by atoms with Gasteiger partial charge >= 0.3 is 6.09 Å². The van der Waals surface area contributed by atoms with Gasteiger partial charge in [-0.15, -0.1) is 0 Å². The highest BCUT2D eigenvalue weighted by atomic mass is 16.6. The number of carbonyl (C=O) groups excluding carboxylic acids is 2. The Morgan fingerprint density at radius 1 is 1.30 bits per heavy atom. The highest BCUT2D eigenvalue weighted by Crippen LogP contribution is 2.20. The van der Waals surface area contributed by atoms with E-state index in [1.54, 1.807) is 17.2 Å². The number of anilines is 1. The van der Waals surface area contributed by atoms with Gasteiger partial charge in [-0.3, -0.25) is 4.79 Å². The monoisotopic (exact) mass is 320 g/mol. The van der Waals surface area contributed by atoms with E-state index in [1.807, 2.05) is 33.8 Å². The summed E-state index contributed by atoms with van der Waals surface area (Å²) in [6.07, 6.45) is 1.35. The van der Waals surface area contributed by atoms with Crippen LogP contribution in [0.5, 0.6) is 0 Å². The normalized spacial score (nSPS) is 18.7. The molecule has 7 heteroatoms. The molecule has 1 aliphatic heterocycles. The first-order chi connectivity index (χ1) is 10.7. The van der Waals surface area contributed by atoms with E-state index in [4.69, 9.17) is 10.5 Å². The lowest BCUT2D eigenvalue weighted by Gasteiger charge is -2.41. The van der Waals surface area contributed by atoms with Gasteiger partial charge in [0.15, 0.2) is 0 Å². The lowest BCUT2D eigenvalue weighted by atomic mass is 10.1. The fourth-order valence-electron chi connectivity index (χ4n) is 2.50. The molecule has 23 heavy (non-hydrogen) atoms. The molecule has 2 amide bonds. The molecule has 0 aromatic carbocycles. The molecule has 126 valence electrons. The van der Waals surface area contributed by atoms with Crippen molar-refractivity contribution in [2.45, 2.75) is 39.3 Å². The van der Waals surface area contributed by atoms with Crippen LogP contribution in [0.4, 0.5) is 10.5 Å². The Hall–Kier alpha value is -2.31. The Labute approximate surface area is 136 Å². The Morgan fingerprint density at radius 2 is 2.00 bits per heavy atom. The average molecular weight is 320 g/mol. The molecule has 1 fully saturated rings. The highest BCUT2D eigenvalue weighted by molar-refractivity contribution is 5.90. The van der Waals surface area contributed by atoms with Crippen LogP contribution in [0.2, 0.25) is 0 Å². The van der Waals surface area contributed by atoms with Crippen molar-refractivity contribution in [1.29, 1.82) is 0 Å². The maximum absolute atomic E-state index is 12.2. The summed E-state index contributed by atoms with van der Waals surface area (Å²) in [5, 5.41) is 0. The Kier molecular flexibility index (Phi) is 4.77. The minimum Gasteiger partial charge on any atom is -0.444 e. The maximum Gasteiger partial charge on any atom is 0.410 e. The predicted molar refractivity (Wildman–Crippen MR) is 87.4 cm³/mol. The molecule has 0 aliphatic carbocycles. The van der Waals surface area contributed by atoms with E-state index in [0.717, 1.165) is 5.69 Å². The van der Waals surface area contributed by atoms with Crippen molar-refractivity contribution >= 4 is 17.7 Å². The third kappa shape index (κ3) is 4.34. The number of hydrogen-bond donors (Lipinski definition) is 1. The van der Waals surface area contributed by atoms with Crippen LogP contribution >= 0.6 is 0 Å². The molecule has 1 atom stereocenters. The summed E-state index contributed by atoms with van der Waals surface area (Å²) < 4.78 is 5.44. The SMILES string of the molecule is CC1CN(c2ccc(C(N)=O)nc2)CCN1C(=O)OC(C)(C)C. The van der Waals surface area contributed by atoms with Crippen molar-refractivity contribution in [2.75, 3.05) is 24.5 Å². The van der Waals surface area contributed by atoms with Crippen molar-refractivity contribution in [3.05, 3.63) is 24.0 Å². The van der Waals surface area contributed by atoms with Crippen molar-refractivity contribution in [3.8, 4) is 0 Å². The smallest absolute Gasteiger partial charge is 0.410 e. The largest absolute Gasteiger partial charge is 0.444 e. The van der Waals surface area contributed by atoms with Gasteiger partial charge in [-0.1, -0.05) is 0 Å². The Morgan fingerprint density at radius 3 is 2.48 bits per heavy atom. The zero-order valence-electron chi connectivity index (χ0n) is 14.1. The Bertz CT molecular complexity index is 580. The van der Waals surface area contributed by atoms with E-state index < -0.39 is 11.5 Å². The second-order valence-corrected chi connectivity index (χ2v) is 6.73. The van der Waals surface area contributed by atoms with Crippen LogP contribution in [-0.4, -0.2) is 53.2 Å². The fraction of sp³-hybridized carbons (Fsp3) is 0.562. The second kappa shape index (κ2) is 6.44. The number of aromatic nitrogens is 1. The van der Waals surface area contributed by atoms with E-state index in [1.165, 1.54) is 0 Å². The first-order valence-electron chi connectivity index (χ1n) is 7.68. The van der Waals surface area contributed by atoms with Crippen LogP contribution in [-0.2, 0) is 4.74 Å². The first kappa shape index (κ1) is 17.1. The van der Waals surface area contributed by atoms with Gasteiger partial charge in [-0.25, -0.2) is 9.78 Å². The summed E-state index contributed by atoms with van der Waals surface area (Å²) >= 11 is 0. The number of nitrogens with two attached hydrogens (primary N) is 1. The van der Waals surface area contributed by atoms with Crippen LogP contribution < -0.4 is 10.6 Å². The number of nitrogens with zero attached hydrogens (tertiary/aromatic N) is 3. The Balaban J connectivity index is 2.00. The summed E-state index contributed by atoms with van der Waals surface area (Å²) in [6, 6.07) is 3.46. The minimum atomic E-state index is -0.542. The fourth-order valence-corrected chi connectivity index (χ4v) is 2.50. The van der Waals surface area contributed by atoms with Gasteiger partial charge in [0, 0.05) is 25.7 Å². The van der Waals surface area contributed by atoms with Crippen LogP contribution in [0.1, 0.15) is 38.2 Å². The van der Waals surface area contributed by atoms with Crippen molar-refractivity contribution < 1.29 is 14.3 Å². The first-order valence-corrected chi connectivity index (χ1v) is 7.68. The number of amides is 2. The molecule has 7 nitrogen and oxygen atoms in total. The molecule has 2 rings (SSSR count). The molecule has 1 aromatic rings. The number of ether oxygens (including phenoxy) is 1. The van der Waals surface area contributed by atoms with Gasteiger partial charge in [0.1, 0.15) is 11.3 Å². The number of piperazine rings is 1. The van der Waals surface area contributed by atoms with Gasteiger partial charge in [-0.2, -0.15) is 0 Å². The second-order valence-electron chi connectivity index (χ2n) is 6.73. The van der Waals surface area contributed by atoms with Gasteiger partial charge in [-0.05, 0) is 39.8 Å². The summed E-state index contributed by atoms with van der Waals surface area (Å²) in [4.78, 5) is 31.2. The third-order valence-corrected chi connectivity index (χ3v) is 3.62. The third-order valence-electron chi connectivity index (χ3n) is 3.62. The standard InChI is InChI=1S/C16H24N4O3/c1-11-10-19(12-5-6-13(14(17)21)18-9-12)7-8-20(11)15(22)23-16(2,3)4/h5-6,9,11H,7-8,10H2,1-4H3,(H2,17,21). The summed E-state index contributed by atoms with van der Waals surface area (Å²) in [5.74, 6) is -0.542. The van der Waals surface area contributed by atoms with Gasteiger partial charge < -0.3 is 20.3 Å². The van der Waals surface area contributed by atoms with Crippen LogP contribution in [0.3, 0.4) is 0 Å². The van der Waals surface area contributed by atoms with Crippen LogP contribution in [0, 0.1) is 0 Å². The number of hydrogen-bond acceptors (Lipinski definition) is 5. The lowest BCUT2D eigenvalue weighted by molar-refractivity contribution is 0.0159. The van der Waals surface area contributed by atoms with E-state index in [0.29, 0.717) is 19.6 Å². The molecule has 0 radical (unpaired) electrons. The van der Waals surface area contributed by atoms with Crippen molar-refractivity contribution in [1.82, 2.24) is 9.88 Å². The summed E-state index contributed by atoms with van der Waals surface area (Å²) in [5.41, 5.74) is 5.85. The molecule has 0 bridgehead atoms. The molecule has 2 N–H and O–H groups in total. The lowest BCUT2D eigenvalue weighted by Crippen LogP contribution is -2.55. The van der Waals surface area contributed by atoms with Gasteiger partial charge in [0.25, 0.3) is 5.91 Å². The molecule has 0 saturated carbocycles. The van der Waals surface area contributed by atoms with Crippen LogP contribution in [0.15, 0.2) is 18.3 Å². The maximum atomic E-state index is 12.2. The number of carbonyl (C=O) groups is 2. The number of primary amides is 1. The van der Waals surface area contributed by atoms with Gasteiger partial charge in [0.2, 0.25) is 0 Å². The van der Waals surface area contributed by atoms with Crippen molar-refractivity contribution in [2.24, 2.45) is 5.73 Å². The topological polar surface area (TPSA) is 88.8 Å². The highest BCUT2D eigenvalue weighted by Gasteiger charge is 2.30. The molecule has 2 heterocycles. The van der Waals surface area contributed by atoms with E-state index >= 15 is 0 Å².